The smallest absolute Gasteiger partial charge is 0.235 e. The van der Waals surface area contributed by atoms with Crippen LogP contribution in [0.25, 0.3) is 6.08 Å². The first-order valence-corrected chi connectivity index (χ1v) is 11.8. The molecule has 0 bridgehead atoms. The molecule has 0 radical (unpaired) electrons. The number of carbonyl (C=O) groups excluding carboxylic acids is 3. The third-order valence-electron chi connectivity index (χ3n) is 7.54. The number of ketones is 1. The van der Waals surface area contributed by atoms with E-state index in [-0.39, 0.29) is 36.3 Å². The third-order valence-corrected chi connectivity index (χ3v) is 7.54. The number of likely N-dealkylation sites (tertiary alicyclic amines) is 1. The number of fused-ring (bicyclic) bond motifs is 5. The molecule has 174 valence electrons. The molecule has 2 amide bonds. The Morgan fingerprint density at radius 2 is 1.91 bits per heavy atom. The summed E-state index contributed by atoms with van der Waals surface area (Å²) >= 11 is 0. The van der Waals surface area contributed by atoms with Crippen molar-refractivity contribution in [2.45, 2.75) is 31.0 Å². The van der Waals surface area contributed by atoms with Crippen LogP contribution in [0.5, 0.6) is 5.75 Å². The average molecular weight is 459 g/mol. The van der Waals surface area contributed by atoms with Gasteiger partial charge in [-0.25, -0.2) is 0 Å². The average Bonchev–Trinajstić information content (AvgIpc) is 3.57. The second kappa shape index (κ2) is 8.09. The van der Waals surface area contributed by atoms with Crippen molar-refractivity contribution < 1.29 is 23.9 Å². The van der Waals surface area contributed by atoms with Crippen molar-refractivity contribution in [1.82, 2.24) is 4.90 Å². The predicted octanol–water partition coefficient (Wildman–Crippen LogP) is 2.94. The maximum Gasteiger partial charge on any atom is 0.235 e. The van der Waals surface area contributed by atoms with Crippen LogP contribution in [0.3, 0.4) is 0 Å². The monoisotopic (exact) mass is 458 g/mol. The zero-order valence-electron chi connectivity index (χ0n) is 18.9. The van der Waals surface area contributed by atoms with Crippen molar-refractivity contribution in [3.05, 3.63) is 65.7 Å². The van der Waals surface area contributed by atoms with E-state index in [9.17, 15) is 14.4 Å². The quantitative estimate of drug-likeness (QED) is 0.507. The lowest BCUT2D eigenvalue weighted by atomic mass is 9.86. The molecule has 3 fully saturated rings. The third kappa shape index (κ3) is 3.10. The summed E-state index contributed by atoms with van der Waals surface area (Å²) in [6.45, 7) is 0.915. The second-order valence-corrected chi connectivity index (χ2v) is 9.33. The summed E-state index contributed by atoms with van der Waals surface area (Å²) in [4.78, 5) is 44.7. The van der Waals surface area contributed by atoms with Gasteiger partial charge in [0.05, 0.1) is 37.6 Å². The number of Topliss-reactive ketones (excluding diaryl/α,β-unsaturated/α-hetero) is 1. The van der Waals surface area contributed by atoms with Gasteiger partial charge in [0.1, 0.15) is 11.8 Å². The summed E-state index contributed by atoms with van der Waals surface area (Å²) in [7, 11) is 1.55. The van der Waals surface area contributed by atoms with Gasteiger partial charge in [-0.05, 0) is 36.6 Å². The maximum atomic E-state index is 14.0. The van der Waals surface area contributed by atoms with Crippen molar-refractivity contribution in [2.75, 3.05) is 25.2 Å². The number of para-hydroxylation sites is 1. The molecule has 2 aromatic carbocycles. The highest BCUT2D eigenvalue weighted by atomic mass is 16.5. The van der Waals surface area contributed by atoms with Crippen molar-refractivity contribution >= 4 is 29.4 Å². The van der Waals surface area contributed by atoms with Gasteiger partial charge in [0, 0.05) is 17.9 Å². The number of ether oxygens (including phenoxy) is 2. The van der Waals surface area contributed by atoms with E-state index in [4.69, 9.17) is 9.47 Å². The highest BCUT2D eigenvalue weighted by Gasteiger charge is 2.64. The number of carbonyl (C=O) groups is 3. The van der Waals surface area contributed by atoms with Crippen molar-refractivity contribution in [3.63, 3.8) is 0 Å². The molecule has 0 aliphatic carbocycles. The SMILES string of the molecule is COc1cccc(C(=O)[C@@H]2[C@@H]3C(=O)N(C[C@@H]4CCCO4)C(=O)[C@H]3[C@@H]3C=Cc4ccccc4N23)c1. The van der Waals surface area contributed by atoms with E-state index in [0.29, 0.717) is 17.9 Å². The van der Waals surface area contributed by atoms with Crippen LogP contribution in [0.15, 0.2) is 54.6 Å². The van der Waals surface area contributed by atoms with Crippen LogP contribution in [0.4, 0.5) is 5.69 Å². The molecular weight excluding hydrogens is 432 g/mol. The minimum atomic E-state index is -0.779. The van der Waals surface area contributed by atoms with Crippen LogP contribution < -0.4 is 9.64 Å². The molecular formula is C27H26N2O5. The van der Waals surface area contributed by atoms with Crippen molar-refractivity contribution in [2.24, 2.45) is 11.8 Å². The molecule has 3 saturated heterocycles. The molecule has 6 rings (SSSR count). The maximum absolute atomic E-state index is 14.0. The lowest BCUT2D eigenvalue weighted by molar-refractivity contribution is -0.142. The standard InChI is InChI=1S/C27H26N2O5/c1-33-18-8-4-7-17(14-18)25(30)24-23-22(21-12-11-16-6-2-3-10-20(16)29(21)24)26(31)28(27(23)32)15-19-9-5-13-34-19/h2-4,6-8,10-12,14,19,21-24H,5,9,13,15H2,1H3/t19-,21-,22-,23+,24-/m0/s1. The number of imide groups is 1. The van der Waals surface area contributed by atoms with Gasteiger partial charge in [-0.15, -0.1) is 0 Å². The first-order valence-electron chi connectivity index (χ1n) is 11.8. The minimum Gasteiger partial charge on any atom is -0.497 e. The molecule has 4 heterocycles. The molecule has 5 atom stereocenters. The van der Waals surface area contributed by atoms with Gasteiger partial charge in [-0.1, -0.05) is 42.5 Å². The van der Waals surface area contributed by atoms with Crippen LogP contribution >= 0.6 is 0 Å². The Kier molecular flexibility index (Phi) is 5.03. The summed E-state index contributed by atoms with van der Waals surface area (Å²) < 4.78 is 11.0. The fraction of sp³-hybridized carbons (Fsp3) is 0.370. The molecule has 0 unspecified atom stereocenters. The van der Waals surface area contributed by atoms with E-state index in [1.807, 2.05) is 41.3 Å². The molecule has 7 heteroatoms. The number of hydrogen-bond donors (Lipinski definition) is 0. The van der Waals surface area contributed by atoms with E-state index in [2.05, 4.69) is 0 Å². The molecule has 0 N–H and O–H groups in total. The van der Waals surface area contributed by atoms with E-state index >= 15 is 0 Å². The summed E-state index contributed by atoms with van der Waals surface area (Å²) in [6.07, 6.45) is 5.60. The first-order chi connectivity index (χ1) is 16.6. The van der Waals surface area contributed by atoms with E-state index in [1.54, 1.807) is 31.4 Å². The van der Waals surface area contributed by atoms with Gasteiger partial charge >= 0.3 is 0 Å². The number of benzene rings is 2. The lowest BCUT2D eigenvalue weighted by Gasteiger charge is -2.36. The first kappa shape index (κ1) is 21.1. The Hall–Kier alpha value is -3.45. The largest absolute Gasteiger partial charge is 0.497 e. The Balaban J connectivity index is 1.43. The number of methoxy groups -OCH3 is 1. The fourth-order valence-electron chi connectivity index (χ4n) is 5.99. The Labute approximate surface area is 197 Å². The summed E-state index contributed by atoms with van der Waals surface area (Å²) in [6, 6.07) is 13.7. The van der Waals surface area contributed by atoms with E-state index in [0.717, 1.165) is 24.1 Å². The van der Waals surface area contributed by atoms with Crippen LogP contribution in [0.2, 0.25) is 0 Å². The Bertz CT molecular complexity index is 1200. The number of hydrogen-bond acceptors (Lipinski definition) is 6. The molecule has 4 aliphatic heterocycles. The van der Waals surface area contributed by atoms with Gasteiger partial charge in [-0.3, -0.25) is 19.3 Å². The van der Waals surface area contributed by atoms with Gasteiger partial charge in [0.2, 0.25) is 11.8 Å². The van der Waals surface area contributed by atoms with E-state index < -0.39 is 17.9 Å². The summed E-state index contributed by atoms with van der Waals surface area (Å²) in [5.41, 5.74) is 2.31. The van der Waals surface area contributed by atoms with Crippen LogP contribution in [-0.2, 0) is 14.3 Å². The molecule has 0 saturated carbocycles. The number of amides is 2. The van der Waals surface area contributed by atoms with Crippen molar-refractivity contribution in [1.29, 1.82) is 0 Å². The minimum absolute atomic E-state index is 0.127. The van der Waals surface area contributed by atoms with Crippen molar-refractivity contribution in [3.8, 4) is 5.75 Å². The molecule has 7 nitrogen and oxygen atoms in total. The normalized spacial score (nSPS) is 29.3. The predicted molar refractivity (Wildman–Crippen MR) is 126 cm³/mol. The van der Waals surface area contributed by atoms with Gasteiger partial charge in [0.25, 0.3) is 0 Å². The van der Waals surface area contributed by atoms with Crippen LogP contribution in [-0.4, -0.2) is 60.9 Å². The highest BCUT2D eigenvalue weighted by Crippen LogP contribution is 2.49. The molecule has 0 aromatic heterocycles. The molecule has 4 aliphatic rings. The lowest BCUT2D eigenvalue weighted by Crippen LogP contribution is -2.49. The molecule has 34 heavy (non-hydrogen) atoms. The second-order valence-electron chi connectivity index (χ2n) is 9.33. The van der Waals surface area contributed by atoms with Gasteiger partial charge in [0.15, 0.2) is 5.78 Å². The highest BCUT2D eigenvalue weighted by molar-refractivity contribution is 6.14. The van der Waals surface area contributed by atoms with E-state index in [1.165, 1.54) is 4.90 Å². The topological polar surface area (TPSA) is 76.1 Å². The number of anilines is 1. The molecule has 0 spiro atoms. The molecule has 2 aromatic rings. The Morgan fingerprint density at radius 3 is 2.71 bits per heavy atom. The Morgan fingerprint density at radius 1 is 1.09 bits per heavy atom. The van der Waals surface area contributed by atoms with Crippen LogP contribution in [0.1, 0.15) is 28.8 Å². The zero-order valence-corrected chi connectivity index (χ0v) is 18.9. The summed E-state index contributed by atoms with van der Waals surface area (Å²) in [5, 5.41) is 0. The zero-order chi connectivity index (χ0) is 23.4. The van der Waals surface area contributed by atoms with Gasteiger partial charge < -0.3 is 14.4 Å². The summed E-state index contributed by atoms with van der Waals surface area (Å²) in [5.74, 6) is -1.42. The van der Waals surface area contributed by atoms with Gasteiger partial charge in [-0.2, -0.15) is 0 Å². The number of nitrogens with zero attached hydrogens (tertiary/aromatic N) is 2. The number of rotatable bonds is 5. The van der Waals surface area contributed by atoms with Crippen LogP contribution in [0, 0.1) is 11.8 Å². The fourth-order valence-corrected chi connectivity index (χ4v) is 5.99.